The number of amides is 2. The fourth-order valence-corrected chi connectivity index (χ4v) is 0.958. The lowest BCUT2D eigenvalue weighted by atomic mass is 10.4. The third-order valence-electron chi connectivity index (χ3n) is 1.02. The van der Waals surface area contributed by atoms with Crippen LogP contribution in [-0.2, 0) is 4.79 Å². The summed E-state index contributed by atoms with van der Waals surface area (Å²) in [5.41, 5.74) is 5.00. The van der Waals surface area contributed by atoms with E-state index < -0.39 is 11.8 Å². The minimum absolute atomic E-state index is 0.184. The second kappa shape index (κ2) is 3.77. The van der Waals surface area contributed by atoms with Gasteiger partial charge < -0.3 is 11.1 Å². The van der Waals surface area contributed by atoms with Gasteiger partial charge in [0.25, 0.3) is 5.91 Å². The first-order valence-electron chi connectivity index (χ1n) is 3.03. The topological polar surface area (TPSA) is 98.0 Å². The SMILES string of the molecule is NC(=O)CNC(=O)c1csnn1. The summed E-state index contributed by atoms with van der Waals surface area (Å²) < 4.78 is 3.49. The number of carbonyl (C=O) groups excluding carboxylic acids is 2. The molecule has 0 spiro atoms. The maximum absolute atomic E-state index is 11.0. The van der Waals surface area contributed by atoms with Gasteiger partial charge in [0.2, 0.25) is 5.91 Å². The number of hydrogen-bond donors (Lipinski definition) is 2. The third-order valence-corrected chi connectivity index (χ3v) is 1.52. The van der Waals surface area contributed by atoms with E-state index in [9.17, 15) is 9.59 Å². The Morgan fingerprint density at radius 1 is 1.67 bits per heavy atom. The van der Waals surface area contributed by atoms with Crippen LogP contribution in [0.1, 0.15) is 10.5 Å². The van der Waals surface area contributed by atoms with E-state index in [1.807, 2.05) is 0 Å². The van der Waals surface area contributed by atoms with Crippen LogP contribution in [0.15, 0.2) is 5.38 Å². The number of rotatable bonds is 3. The van der Waals surface area contributed by atoms with Crippen LogP contribution in [0.3, 0.4) is 0 Å². The van der Waals surface area contributed by atoms with Gasteiger partial charge in [-0.25, -0.2) is 0 Å². The van der Waals surface area contributed by atoms with Crippen LogP contribution in [0.25, 0.3) is 0 Å². The van der Waals surface area contributed by atoms with E-state index in [0.29, 0.717) is 0 Å². The molecule has 0 bridgehead atoms. The van der Waals surface area contributed by atoms with Gasteiger partial charge in [0, 0.05) is 5.38 Å². The summed E-state index contributed by atoms with van der Waals surface area (Å²) in [6.45, 7) is -0.184. The molecule has 7 heteroatoms. The maximum Gasteiger partial charge on any atom is 0.273 e. The van der Waals surface area contributed by atoms with Crippen LogP contribution in [0.2, 0.25) is 0 Å². The predicted molar refractivity (Wildman–Crippen MR) is 41.4 cm³/mol. The third kappa shape index (κ3) is 2.27. The zero-order chi connectivity index (χ0) is 8.97. The molecule has 0 saturated carbocycles. The molecule has 64 valence electrons. The van der Waals surface area contributed by atoms with Crippen LogP contribution >= 0.6 is 11.5 Å². The molecule has 0 fully saturated rings. The van der Waals surface area contributed by atoms with Crippen molar-refractivity contribution in [2.75, 3.05) is 6.54 Å². The Morgan fingerprint density at radius 3 is 2.92 bits per heavy atom. The Balaban J connectivity index is 2.45. The van der Waals surface area contributed by atoms with E-state index in [4.69, 9.17) is 5.73 Å². The molecule has 0 aliphatic carbocycles. The molecule has 1 rings (SSSR count). The first-order chi connectivity index (χ1) is 5.70. The van der Waals surface area contributed by atoms with Crippen LogP contribution in [-0.4, -0.2) is 27.9 Å². The van der Waals surface area contributed by atoms with Crippen molar-refractivity contribution in [2.24, 2.45) is 5.73 Å². The number of aromatic nitrogens is 2. The van der Waals surface area contributed by atoms with Crippen LogP contribution in [0, 0.1) is 0 Å². The summed E-state index contributed by atoms with van der Waals surface area (Å²) in [6, 6.07) is 0. The zero-order valence-corrected chi connectivity index (χ0v) is 6.80. The molecule has 3 N–H and O–H groups in total. The van der Waals surface area contributed by atoms with Crippen LogP contribution in [0.5, 0.6) is 0 Å². The van der Waals surface area contributed by atoms with Crippen molar-refractivity contribution in [1.82, 2.24) is 14.9 Å². The van der Waals surface area contributed by atoms with Gasteiger partial charge in [-0.05, 0) is 11.5 Å². The van der Waals surface area contributed by atoms with E-state index in [0.717, 1.165) is 11.5 Å². The maximum atomic E-state index is 11.0. The average Bonchev–Trinajstić information content (AvgIpc) is 2.51. The second-order valence-corrected chi connectivity index (χ2v) is 2.55. The molecule has 0 aliphatic rings. The Kier molecular flexibility index (Phi) is 2.70. The molecular weight excluding hydrogens is 180 g/mol. The molecule has 0 aromatic carbocycles. The summed E-state index contributed by atoms with van der Waals surface area (Å²) >= 11 is 1.06. The van der Waals surface area contributed by atoms with Gasteiger partial charge in [0.1, 0.15) is 0 Å². The predicted octanol–water partition coefficient (Wildman–Crippen LogP) is -1.25. The molecule has 0 atom stereocenters. The minimum Gasteiger partial charge on any atom is -0.368 e. The molecule has 6 nitrogen and oxygen atoms in total. The average molecular weight is 186 g/mol. The lowest BCUT2D eigenvalue weighted by Crippen LogP contribution is -2.33. The van der Waals surface area contributed by atoms with Gasteiger partial charge in [-0.15, -0.1) is 5.10 Å². The highest BCUT2D eigenvalue weighted by Crippen LogP contribution is 1.95. The molecule has 12 heavy (non-hydrogen) atoms. The van der Waals surface area contributed by atoms with E-state index >= 15 is 0 Å². The normalized spacial score (nSPS) is 9.33. The lowest BCUT2D eigenvalue weighted by molar-refractivity contribution is -0.117. The quantitative estimate of drug-likeness (QED) is 0.616. The Bertz CT molecular complexity index is 284. The van der Waals surface area contributed by atoms with Crippen molar-refractivity contribution in [3.05, 3.63) is 11.1 Å². The Labute approximate surface area is 71.9 Å². The smallest absolute Gasteiger partial charge is 0.273 e. The second-order valence-electron chi connectivity index (χ2n) is 1.94. The van der Waals surface area contributed by atoms with E-state index in [1.165, 1.54) is 5.38 Å². The fraction of sp³-hybridized carbons (Fsp3) is 0.200. The highest BCUT2D eigenvalue weighted by Gasteiger charge is 2.08. The van der Waals surface area contributed by atoms with E-state index in [1.54, 1.807) is 0 Å². The van der Waals surface area contributed by atoms with Crippen molar-refractivity contribution < 1.29 is 9.59 Å². The van der Waals surface area contributed by atoms with Gasteiger partial charge >= 0.3 is 0 Å². The van der Waals surface area contributed by atoms with Crippen molar-refractivity contribution >= 4 is 23.3 Å². The lowest BCUT2D eigenvalue weighted by Gasteiger charge is -1.96. The number of carbonyl (C=O) groups is 2. The minimum atomic E-state index is -0.591. The number of hydrogen-bond acceptors (Lipinski definition) is 5. The molecule has 1 heterocycles. The first-order valence-corrected chi connectivity index (χ1v) is 3.87. The number of primary amides is 1. The standard InChI is InChI=1S/C5H6N4O2S/c6-4(10)1-7-5(11)3-2-12-9-8-3/h2H,1H2,(H2,6,10)(H,7,11). The molecule has 2 amide bonds. The zero-order valence-electron chi connectivity index (χ0n) is 5.98. The molecule has 1 aromatic heterocycles. The van der Waals surface area contributed by atoms with Gasteiger partial charge in [0.05, 0.1) is 6.54 Å². The molecular formula is C5H6N4O2S. The van der Waals surface area contributed by atoms with E-state index in [-0.39, 0.29) is 12.2 Å². The van der Waals surface area contributed by atoms with E-state index in [2.05, 4.69) is 14.9 Å². The van der Waals surface area contributed by atoms with Crippen LogP contribution in [0.4, 0.5) is 0 Å². The summed E-state index contributed by atoms with van der Waals surface area (Å²) in [5.74, 6) is -1.03. The molecule has 0 saturated heterocycles. The number of nitrogens with one attached hydrogen (secondary N) is 1. The Morgan fingerprint density at radius 2 is 2.42 bits per heavy atom. The number of nitrogens with two attached hydrogens (primary N) is 1. The summed E-state index contributed by atoms with van der Waals surface area (Å²) in [6.07, 6.45) is 0. The van der Waals surface area contributed by atoms with Crippen LogP contribution < -0.4 is 11.1 Å². The fourth-order valence-electron chi connectivity index (χ4n) is 0.522. The van der Waals surface area contributed by atoms with Crippen molar-refractivity contribution in [3.63, 3.8) is 0 Å². The largest absolute Gasteiger partial charge is 0.368 e. The first kappa shape index (κ1) is 8.60. The number of nitrogens with zero attached hydrogens (tertiary/aromatic N) is 2. The van der Waals surface area contributed by atoms with Gasteiger partial charge in [-0.1, -0.05) is 4.49 Å². The highest BCUT2D eigenvalue weighted by molar-refractivity contribution is 7.03. The Hall–Kier alpha value is -1.50. The van der Waals surface area contributed by atoms with Gasteiger partial charge in [-0.3, -0.25) is 9.59 Å². The highest BCUT2D eigenvalue weighted by atomic mass is 32.1. The molecule has 1 aromatic rings. The monoisotopic (exact) mass is 186 g/mol. The van der Waals surface area contributed by atoms with Crippen molar-refractivity contribution in [2.45, 2.75) is 0 Å². The molecule has 0 aliphatic heterocycles. The van der Waals surface area contributed by atoms with Crippen molar-refractivity contribution in [3.8, 4) is 0 Å². The van der Waals surface area contributed by atoms with Crippen molar-refractivity contribution in [1.29, 1.82) is 0 Å². The van der Waals surface area contributed by atoms with Gasteiger partial charge in [-0.2, -0.15) is 0 Å². The summed E-state index contributed by atoms with van der Waals surface area (Å²) in [4.78, 5) is 21.2. The molecule has 0 unspecified atom stereocenters. The van der Waals surface area contributed by atoms with Gasteiger partial charge in [0.15, 0.2) is 5.69 Å². The summed E-state index contributed by atoms with van der Waals surface area (Å²) in [7, 11) is 0. The summed E-state index contributed by atoms with van der Waals surface area (Å²) in [5, 5.41) is 7.26. The molecule has 0 radical (unpaired) electrons.